The van der Waals surface area contributed by atoms with E-state index in [1.807, 2.05) is 0 Å². The van der Waals surface area contributed by atoms with Crippen LogP contribution < -0.4 is 4.90 Å². The maximum Gasteiger partial charge on any atom is 0.0366 e. The Bertz CT molecular complexity index is 285. The van der Waals surface area contributed by atoms with E-state index in [0.29, 0.717) is 0 Å². The molecule has 68 valence electrons. The van der Waals surface area contributed by atoms with E-state index in [1.165, 1.54) is 31.6 Å². The minimum atomic E-state index is 1.12. The molecule has 0 bridgehead atoms. The summed E-state index contributed by atoms with van der Waals surface area (Å²) in [5, 5.41) is 1.72. The second-order valence-electron chi connectivity index (χ2n) is 3.40. The molecule has 0 saturated carbocycles. The van der Waals surface area contributed by atoms with E-state index in [0.717, 1.165) is 5.56 Å². The van der Waals surface area contributed by atoms with Crippen molar-refractivity contribution in [3.8, 4) is 0 Å². The van der Waals surface area contributed by atoms with Gasteiger partial charge in [0.2, 0.25) is 0 Å². The van der Waals surface area contributed by atoms with Crippen LogP contribution in [0.15, 0.2) is 24.3 Å². The van der Waals surface area contributed by atoms with Gasteiger partial charge in [0.1, 0.15) is 0 Å². The molecule has 1 saturated heterocycles. The topological polar surface area (TPSA) is 3.24 Å². The molecule has 1 heterocycles. The molecule has 0 aliphatic carbocycles. The highest BCUT2D eigenvalue weighted by molar-refractivity contribution is 7.79. The molecule has 1 aliphatic rings. The van der Waals surface area contributed by atoms with Gasteiger partial charge in [-0.15, -0.1) is 0 Å². The number of thiocarbonyl (C=S) groups is 1. The van der Waals surface area contributed by atoms with E-state index in [1.54, 1.807) is 5.37 Å². The van der Waals surface area contributed by atoms with Gasteiger partial charge in [-0.2, -0.15) is 0 Å². The number of benzene rings is 1. The Morgan fingerprint density at radius 3 is 2.23 bits per heavy atom. The van der Waals surface area contributed by atoms with Crippen LogP contribution >= 0.6 is 12.2 Å². The fourth-order valence-corrected chi connectivity index (χ4v) is 1.90. The van der Waals surface area contributed by atoms with E-state index in [9.17, 15) is 0 Å². The molecule has 2 rings (SSSR count). The van der Waals surface area contributed by atoms with Crippen molar-refractivity contribution in [1.82, 2.24) is 0 Å². The zero-order valence-corrected chi connectivity index (χ0v) is 8.39. The lowest BCUT2D eigenvalue weighted by molar-refractivity contribution is 0.949. The van der Waals surface area contributed by atoms with Crippen LogP contribution in [-0.4, -0.2) is 18.5 Å². The first-order chi connectivity index (χ1) is 6.40. The maximum atomic E-state index is 4.86. The molecule has 2 heteroatoms. The lowest BCUT2D eigenvalue weighted by Crippen LogP contribution is -2.17. The summed E-state index contributed by atoms with van der Waals surface area (Å²) >= 11 is 4.86. The number of hydrogen-bond acceptors (Lipinski definition) is 2. The predicted molar refractivity (Wildman–Crippen MR) is 60.6 cm³/mol. The Morgan fingerprint density at radius 2 is 1.69 bits per heavy atom. The lowest BCUT2D eigenvalue weighted by Gasteiger charge is -2.17. The summed E-state index contributed by atoms with van der Waals surface area (Å²) < 4.78 is 0. The Hall–Kier alpha value is -0.890. The number of rotatable bonds is 2. The van der Waals surface area contributed by atoms with Crippen molar-refractivity contribution >= 4 is 23.3 Å². The van der Waals surface area contributed by atoms with Crippen LogP contribution in [0.2, 0.25) is 0 Å². The molecular formula is C11H13NS. The minimum absolute atomic E-state index is 1.12. The molecule has 0 radical (unpaired) electrons. The smallest absolute Gasteiger partial charge is 0.0366 e. The molecule has 0 atom stereocenters. The van der Waals surface area contributed by atoms with E-state index >= 15 is 0 Å². The van der Waals surface area contributed by atoms with Gasteiger partial charge in [0.15, 0.2) is 0 Å². The molecule has 13 heavy (non-hydrogen) atoms. The quantitative estimate of drug-likeness (QED) is 0.661. The maximum absolute atomic E-state index is 4.86. The van der Waals surface area contributed by atoms with Gasteiger partial charge in [0.05, 0.1) is 0 Å². The summed E-state index contributed by atoms with van der Waals surface area (Å²) in [6, 6.07) is 8.48. The monoisotopic (exact) mass is 191 g/mol. The molecule has 0 unspecified atom stereocenters. The Balaban J connectivity index is 2.16. The second-order valence-corrected chi connectivity index (χ2v) is 3.64. The first kappa shape index (κ1) is 8.70. The van der Waals surface area contributed by atoms with Gasteiger partial charge >= 0.3 is 0 Å². The van der Waals surface area contributed by atoms with E-state index in [4.69, 9.17) is 12.2 Å². The van der Waals surface area contributed by atoms with Crippen LogP contribution in [0.25, 0.3) is 0 Å². The molecular weight excluding hydrogens is 178 g/mol. The third-order valence-electron chi connectivity index (χ3n) is 2.50. The van der Waals surface area contributed by atoms with Gasteiger partial charge in [-0.1, -0.05) is 24.4 Å². The minimum Gasteiger partial charge on any atom is -0.372 e. The van der Waals surface area contributed by atoms with Gasteiger partial charge in [0, 0.05) is 24.1 Å². The van der Waals surface area contributed by atoms with Crippen LogP contribution in [0.5, 0.6) is 0 Å². The first-order valence-electron chi connectivity index (χ1n) is 4.70. The van der Waals surface area contributed by atoms with E-state index < -0.39 is 0 Å². The second kappa shape index (κ2) is 3.88. The van der Waals surface area contributed by atoms with Crippen LogP contribution in [0, 0.1) is 0 Å². The zero-order valence-electron chi connectivity index (χ0n) is 7.57. The van der Waals surface area contributed by atoms with Gasteiger partial charge in [0.25, 0.3) is 0 Å². The molecule has 1 aliphatic heterocycles. The number of hydrogen-bond donors (Lipinski definition) is 0. The van der Waals surface area contributed by atoms with Crippen molar-refractivity contribution in [3.63, 3.8) is 0 Å². The van der Waals surface area contributed by atoms with Crippen molar-refractivity contribution < 1.29 is 0 Å². The molecule has 1 aromatic rings. The molecule has 1 aromatic carbocycles. The highest BCUT2D eigenvalue weighted by Crippen LogP contribution is 2.19. The van der Waals surface area contributed by atoms with Gasteiger partial charge in [-0.3, -0.25) is 0 Å². The standard InChI is InChI=1S/C11H13NS/c13-9-10-3-5-11(6-4-10)12-7-1-2-8-12/h3-6,9H,1-2,7-8H2. The fraction of sp³-hybridized carbons (Fsp3) is 0.364. The highest BCUT2D eigenvalue weighted by Gasteiger charge is 2.11. The zero-order chi connectivity index (χ0) is 9.10. The summed E-state index contributed by atoms with van der Waals surface area (Å²) in [6.45, 7) is 2.41. The highest BCUT2D eigenvalue weighted by atomic mass is 32.1. The van der Waals surface area contributed by atoms with Crippen molar-refractivity contribution in [2.24, 2.45) is 0 Å². The molecule has 1 fully saturated rings. The fourth-order valence-electron chi connectivity index (χ4n) is 1.74. The van der Waals surface area contributed by atoms with Crippen LogP contribution in [0.4, 0.5) is 5.69 Å². The first-order valence-corrected chi connectivity index (χ1v) is 5.17. The van der Waals surface area contributed by atoms with Crippen LogP contribution in [0.3, 0.4) is 0 Å². The third kappa shape index (κ3) is 1.89. The molecule has 0 amide bonds. The van der Waals surface area contributed by atoms with Gasteiger partial charge in [-0.25, -0.2) is 0 Å². The van der Waals surface area contributed by atoms with Gasteiger partial charge < -0.3 is 4.90 Å². The predicted octanol–water partition coefficient (Wildman–Crippen LogP) is 2.63. The van der Waals surface area contributed by atoms with Crippen LogP contribution in [-0.2, 0) is 0 Å². The van der Waals surface area contributed by atoms with Crippen molar-refractivity contribution in [2.45, 2.75) is 12.8 Å². The Labute approximate surface area is 84.4 Å². The van der Waals surface area contributed by atoms with E-state index in [2.05, 4.69) is 29.2 Å². The van der Waals surface area contributed by atoms with E-state index in [-0.39, 0.29) is 0 Å². The summed E-state index contributed by atoms with van der Waals surface area (Å²) in [5.41, 5.74) is 2.45. The Kier molecular flexibility index (Phi) is 2.60. The lowest BCUT2D eigenvalue weighted by atomic mass is 10.2. The van der Waals surface area contributed by atoms with Gasteiger partial charge in [-0.05, 0) is 30.5 Å². The molecule has 1 nitrogen and oxygen atoms in total. The van der Waals surface area contributed by atoms with Crippen molar-refractivity contribution in [1.29, 1.82) is 0 Å². The average Bonchev–Trinajstić information content (AvgIpc) is 2.71. The summed E-state index contributed by atoms with van der Waals surface area (Å²) in [4.78, 5) is 2.42. The molecule has 0 spiro atoms. The molecule has 0 aromatic heterocycles. The third-order valence-corrected chi connectivity index (χ3v) is 2.77. The summed E-state index contributed by atoms with van der Waals surface area (Å²) in [6.07, 6.45) is 2.66. The SMILES string of the molecule is S=Cc1ccc(N2CCCC2)cc1. The van der Waals surface area contributed by atoms with Crippen molar-refractivity contribution in [3.05, 3.63) is 29.8 Å². The number of nitrogens with zero attached hydrogens (tertiary/aromatic N) is 1. The van der Waals surface area contributed by atoms with Crippen LogP contribution in [0.1, 0.15) is 18.4 Å². The number of anilines is 1. The van der Waals surface area contributed by atoms with Crippen molar-refractivity contribution in [2.75, 3.05) is 18.0 Å². The normalized spacial score (nSPS) is 16.2. The average molecular weight is 191 g/mol. The summed E-state index contributed by atoms with van der Waals surface area (Å²) in [7, 11) is 0. The Morgan fingerprint density at radius 1 is 1.08 bits per heavy atom. The summed E-state index contributed by atoms with van der Waals surface area (Å²) in [5.74, 6) is 0. The molecule has 0 N–H and O–H groups in total. The largest absolute Gasteiger partial charge is 0.372 e.